The van der Waals surface area contributed by atoms with Gasteiger partial charge in [0.05, 0.1) is 31.0 Å². The van der Waals surface area contributed by atoms with Crippen molar-refractivity contribution < 1.29 is 4.74 Å². The van der Waals surface area contributed by atoms with Crippen molar-refractivity contribution in [3.05, 3.63) is 66.1 Å². The van der Waals surface area contributed by atoms with Crippen LogP contribution in [0.5, 0.6) is 0 Å². The van der Waals surface area contributed by atoms with Gasteiger partial charge in [-0.05, 0) is 44.0 Å². The number of fused-ring (bicyclic) bond motifs is 1. The van der Waals surface area contributed by atoms with Gasteiger partial charge in [-0.2, -0.15) is 5.10 Å². The summed E-state index contributed by atoms with van der Waals surface area (Å²) in [6.45, 7) is 5.48. The maximum absolute atomic E-state index is 5.86. The predicted octanol–water partition coefficient (Wildman–Crippen LogP) is 3.03. The van der Waals surface area contributed by atoms with E-state index in [4.69, 9.17) is 9.72 Å². The summed E-state index contributed by atoms with van der Waals surface area (Å²) in [7, 11) is 0. The van der Waals surface area contributed by atoms with Crippen molar-refractivity contribution in [2.24, 2.45) is 5.92 Å². The van der Waals surface area contributed by atoms with Crippen molar-refractivity contribution in [3.8, 4) is 11.4 Å². The van der Waals surface area contributed by atoms with E-state index in [9.17, 15) is 0 Å². The van der Waals surface area contributed by atoms with E-state index in [1.807, 2.05) is 55.4 Å². The van der Waals surface area contributed by atoms with Gasteiger partial charge in [-0.3, -0.25) is 4.98 Å². The second kappa shape index (κ2) is 6.83. The van der Waals surface area contributed by atoms with Gasteiger partial charge < -0.3 is 9.30 Å². The quantitative estimate of drug-likeness (QED) is 0.549. The summed E-state index contributed by atoms with van der Waals surface area (Å²) in [5.74, 6) is 1.27. The highest BCUT2D eigenvalue weighted by Crippen LogP contribution is 2.33. The summed E-state index contributed by atoms with van der Waals surface area (Å²) < 4.78 is 9.97. The molecule has 1 saturated heterocycles. The SMILES string of the molecule is Cc1cc(C)n2ncc(-c3nccn3[C@@H]3COC[C@H]3Cc3ccncc3)c2n1. The maximum atomic E-state index is 5.86. The van der Waals surface area contributed by atoms with Crippen LogP contribution in [0.1, 0.15) is 23.0 Å². The van der Waals surface area contributed by atoms with Gasteiger partial charge in [0.2, 0.25) is 0 Å². The van der Waals surface area contributed by atoms with Crippen LogP contribution in [0.15, 0.2) is 49.2 Å². The molecule has 0 spiro atoms. The molecule has 1 fully saturated rings. The molecule has 7 heteroatoms. The number of aromatic nitrogens is 6. The number of rotatable bonds is 4. The van der Waals surface area contributed by atoms with Crippen molar-refractivity contribution in [1.82, 2.24) is 29.1 Å². The average Bonchev–Trinajstić information content (AvgIpc) is 3.41. The minimum Gasteiger partial charge on any atom is -0.379 e. The van der Waals surface area contributed by atoms with Crippen LogP contribution < -0.4 is 0 Å². The first-order valence-corrected chi connectivity index (χ1v) is 9.52. The lowest BCUT2D eigenvalue weighted by Gasteiger charge is -2.21. The molecular weight excluding hydrogens is 352 g/mol. The zero-order chi connectivity index (χ0) is 19.1. The Bertz CT molecular complexity index is 1120. The minimum absolute atomic E-state index is 0.228. The summed E-state index contributed by atoms with van der Waals surface area (Å²) in [6, 6.07) is 6.41. The third-order valence-electron chi connectivity index (χ3n) is 5.46. The van der Waals surface area contributed by atoms with E-state index in [0.29, 0.717) is 12.5 Å². The summed E-state index contributed by atoms with van der Waals surface area (Å²) in [6.07, 6.45) is 10.4. The molecule has 7 nitrogen and oxygen atoms in total. The largest absolute Gasteiger partial charge is 0.379 e. The van der Waals surface area contributed by atoms with Crippen LogP contribution in [0.3, 0.4) is 0 Å². The second-order valence-corrected chi connectivity index (χ2v) is 7.42. The van der Waals surface area contributed by atoms with Crippen molar-refractivity contribution in [2.45, 2.75) is 26.3 Å². The van der Waals surface area contributed by atoms with E-state index < -0.39 is 0 Å². The fraction of sp³-hybridized carbons (Fsp3) is 0.333. The minimum atomic E-state index is 0.228. The van der Waals surface area contributed by atoms with Crippen LogP contribution in [0.4, 0.5) is 0 Å². The Morgan fingerprint density at radius 2 is 2.00 bits per heavy atom. The summed E-state index contributed by atoms with van der Waals surface area (Å²) in [4.78, 5) is 13.5. The molecule has 0 radical (unpaired) electrons. The van der Waals surface area contributed by atoms with Crippen molar-refractivity contribution >= 4 is 5.65 Å². The highest BCUT2D eigenvalue weighted by atomic mass is 16.5. The first-order chi connectivity index (χ1) is 13.7. The van der Waals surface area contributed by atoms with Crippen LogP contribution in [-0.2, 0) is 11.2 Å². The molecule has 28 heavy (non-hydrogen) atoms. The van der Waals surface area contributed by atoms with E-state index >= 15 is 0 Å². The smallest absolute Gasteiger partial charge is 0.166 e. The lowest BCUT2D eigenvalue weighted by atomic mass is 9.95. The van der Waals surface area contributed by atoms with Crippen LogP contribution in [0.25, 0.3) is 17.0 Å². The molecule has 0 amide bonds. The molecular formula is C21H22N6O. The van der Waals surface area contributed by atoms with Crippen LogP contribution in [0.2, 0.25) is 0 Å². The fourth-order valence-corrected chi connectivity index (χ4v) is 4.13. The van der Waals surface area contributed by atoms with E-state index in [0.717, 1.165) is 41.5 Å². The zero-order valence-electron chi connectivity index (χ0n) is 16.0. The van der Waals surface area contributed by atoms with Gasteiger partial charge in [-0.25, -0.2) is 14.5 Å². The van der Waals surface area contributed by atoms with Gasteiger partial charge in [-0.15, -0.1) is 0 Å². The van der Waals surface area contributed by atoms with E-state index in [-0.39, 0.29) is 6.04 Å². The molecule has 1 aliphatic rings. The normalized spacial score (nSPS) is 19.5. The van der Waals surface area contributed by atoms with Crippen molar-refractivity contribution in [1.29, 1.82) is 0 Å². The Balaban J connectivity index is 1.53. The number of hydrogen-bond donors (Lipinski definition) is 0. The fourth-order valence-electron chi connectivity index (χ4n) is 4.13. The summed E-state index contributed by atoms with van der Waals surface area (Å²) >= 11 is 0. The van der Waals surface area contributed by atoms with Gasteiger partial charge in [0, 0.05) is 42.1 Å². The molecule has 0 N–H and O–H groups in total. The first-order valence-electron chi connectivity index (χ1n) is 9.52. The summed E-state index contributed by atoms with van der Waals surface area (Å²) in [5, 5.41) is 4.53. The lowest BCUT2D eigenvalue weighted by molar-refractivity contribution is 0.181. The Morgan fingerprint density at radius 3 is 2.86 bits per heavy atom. The van der Waals surface area contributed by atoms with Gasteiger partial charge in [0.25, 0.3) is 0 Å². The average molecular weight is 374 g/mol. The number of hydrogen-bond acceptors (Lipinski definition) is 5. The standard InChI is InChI=1S/C21H22N6O/c1-14-9-15(2)27-21(25-14)18(11-24-27)20-23-7-8-26(20)19-13-28-12-17(19)10-16-3-5-22-6-4-16/h3-9,11,17,19H,10,12-13H2,1-2H3/t17-,19-/m1/s1. The van der Waals surface area contributed by atoms with Gasteiger partial charge in [-0.1, -0.05) is 0 Å². The molecule has 5 heterocycles. The van der Waals surface area contributed by atoms with Crippen LogP contribution >= 0.6 is 0 Å². The molecule has 0 saturated carbocycles. The molecule has 0 bridgehead atoms. The third-order valence-corrected chi connectivity index (χ3v) is 5.46. The Labute approximate surface area is 163 Å². The molecule has 0 unspecified atom stereocenters. The number of aryl methyl sites for hydroxylation is 2. The van der Waals surface area contributed by atoms with Gasteiger partial charge in [0.15, 0.2) is 5.65 Å². The lowest BCUT2D eigenvalue weighted by Crippen LogP contribution is -2.20. The molecule has 0 aliphatic carbocycles. The van der Waals surface area contributed by atoms with Crippen molar-refractivity contribution in [2.75, 3.05) is 13.2 Å². The second-order valence-electron chi connectivity index (χ2n) is 7.42. The van der Waals surface area contributed by atoms with E-state index in [1.165, 1.54) is 5.56 Å². The molecule has 2 atom stereocenters. The van der Waals surface area contributed by atoms with E-state index in [1.54, 1.807) is 0 Å². The monoisotopic (exact) mass is 374 g/mol. The van der Waals surface area contributed by atoms with Crippen molar-refractivity contribution in [3.63, 3.8) is 0 Å². The number of pyridine rings is 1. The Hall–Kier alpha value is -3.06. The molecule has 0 aromatic carbocycles. The summed E-state index contributed by atoms with van der Waals surface area (Å²) in [5.41, 5.74) is 5.11. The molecule has 4 aromatic rings. The molecule has 1 aliphatic heterocycles. The predicted molar refractivity (Wildman–Crippen MR) is 105 cm³/mol. The number of ether oxygens (including phenoxy) is 1. The molecule has 142 valence electrons. The van der Waals surface area contributed by atoms with Gasteiger partial charge in [0.1, 0.15) is 5.82 Å². The Kier molecular flexibility index (Phi) is 4.16. The first kappa shape index (κ1) is 17.1. The number of imidazole rings is 1. The highest BCUT2D eigenvalue weighted by molar-refractivity contribution is 5.73. The van der Waals surface area contributed by atoms with Gasteiger partial charge >= 0.3 is 0 Å². The topological polar surface area (TPSA) is 70.1 Å². The zero-order valence-corrected chi connectivity index (χ0v) is 16.0. The molecule has 5 rings (SSSR count). The van der Waals surface area contributed by atoms with E-state index in [2.05, 4.69) is 31.8 Å². The maximum Gasteiger partial charge on any atom is 0.166 e. The highest BCUT2D eigenvalue weighted by Gasteiger charge is 2.32. The van der Waals surface area contributed by atoms with Crippen LogP contribution in [-0.4, -0.2) is 42.3 Å². The third kappa shape index (κ3) is 2.88. The number of nitrogens with zero attached hydrogens (tertiary/aromatic N) is 6. The Morgan fingerprint density at radius 1 is 1.14 bits per heavy atom. The molecule has 4 aromatic heterocycles. The van der Waals surface area contributed by atoms with Crippen LogP contribution in [0, 0.1) is 19.8 Å².